The van der Waals surface area contributed by atoms with Gasteiger partial charge in [-0.05, 0) is 0 Å². The van der Waals surface area contributed by atoms with Crippen molar-refractivity contribution in [3.8, 4) is 0 Å². The maximum absolute atomic E-state index is 3.12. The second kappa shape index (κ2) is 1.73. The molecule has 2 rings (SSSR count). The van der Waals surface area contributed by atoms with Gasteiger partial charge in [-0.15, -0.1) is 0 Å². The van der Waals surface area contributed by atoms with Gasteiger partial charge in [0.1, 0.15) is 0 Å². The molecule has 2 heteroatoms. The van der Waals surface area contributed by atoms with Gasteiger partial charge >= 0.3 is 53.1 Å². The Morgan fingerprint density at radius 2 is 2.11 bits per heavy atom. The number of hydrogen-bond acceptors (Lipinski definition) is 0. The fourth-order valence-corrected chi connectivity index (χ4v) is 0.995. The summed E-state index contributed by atoms with van der Waals surface area (Å²) >= 11 is 0. The molecule has 1 heterocycles. The first-order valence-corrected chi connectivity index (χ1v) is 2.99. The van der Waals surface area contributed by atoms with Crippen LogP contribution >= 0.6 is 0 Å². The monoisotopic (exact) mass is 115 g/mol. The normalized spacial score (nSPS) is 9.78. The molecule has 0 spiro atoms. The van der Waals surface area contributed by atoms with Crippen molar-refractivity contribution in [2.45, 2.75) is 0 Å². The van der Waals surface area contributed by atoms with Crippen LogP contribution in [0.1, 0.15) is 0 Å². The van der Waals surface area contributed by atoms with Crippen LogP contribution in [-0.2, 0) is 0 Å². The summed E-state index contributed by atoms with van der Waals surface area (Å²) in [5, 5.41) is 1.28. The zero-order valence-corrected chi connectivity index (χ0v) is 4.96. The predicted octanol–water partition coefficient (Wildman–Crippen LogP) is 1.51. The average Bonchev–Trinajstić information content (AvgIpc) is 2.33. The van der Waals surface area contributed by atoms with Crippen LogP contribution in [0.25, 0.3) is 10.8 Å². The van der Waals surface area contributed by atoms with Crippen LogP contribution in [0.2, 0.25) is 0 Å². The summed E-state index contributed by atoms with van der Waals surface area (Å²) in [6.45, 7) is 2.06. The van der Waals surface area contributed by atoms with E-state index < -0.39 is 0 Å². The predicted molar refractivity (Wildman–Crippen MR) is 39.6 cm³/mol. The molecule has 42 valence electrons. The van der Waals surface area contributed by atoms with Crippen LogP contribution in [0.15, 0.2) is 30.4 Å². The Kier molecular flexibility index (Phi) is 0.920. The molecule has 0 saturated heterocycles. The molecule has 0 amide bonds. The summed E-state index contributed by atoms with van der Waals surface area (Å²) in [4.78, 5) is 3.12. The van der Waals surface area contributed by atoms with E-state index in [-0.39, 0.29) is 0 Å². The van der Waals surface area contributed by atoms with Gasteiger partial charge in [0, 0.05) is 0 Å². The molecule has 1 aromatic heterocycles. The van der Waals surface area contributed by atoms with Gasteiger partial charge < -0.3 is 0 Å². The van der Waals surface area contributed by atoms with Crippen LogP contribution in [0.4, 0.5) is 0 Å². The molecule has 0 unspecified atom stereocenters. The second-order valence-corrected chi connectivity index (χ2v) is 2.06. The first-order chi connectivity index (χ1) is 4.47. The average molecular weight is 115 g/mol. The van der Waals surface area contributed by atoms with Crippen LogP contribution in [0.3, 0.4) is 0 Å². The molecule has 0 fully saturated rings. The molecule has 0 aliphatic heterocycles. The molecule has 0 aliphatic carbocycles. The number of benzene rings is 1. The van der Waals surface area contributed by atoms with Crippen LogP contribution < -0.4 is 0 Å². The van der Waals surface area contributed by atoms with Crippen LogP contribution in [0, 0.1) is 0 Å². The topological polar surface area (TPSA) is 15.8 Å². The zero-order valence-electron chi connectivity index (χ0n) is 4.96. The second-order valence-electron chi connectivity index (χ2n) is 2.06. The summed E-state index contributed by atoms with van der Waals surface area (Å²) < 4.78 is 0. The summed E-state index contributed by atoms with van der Waals surface area (Å²) in [7, 11) is 0. The van der Waals surface area contributed by atoms with E-state index in [4.69, 9.17) is 0 Å². The summed E-state index contributed by atoms with van der Waals surface area (Å²) in [5.41, 5.74) is 1.21. The fraction of sp³-hybridized carbons (Fsp3) is 0. The first-order valence-electron chi connectivity index (χ1n) is 2.99. The molecule has 0 bridgehead atoms. The van der Waals surface area contributed by atoms with Crippen molar-refractivity contribution in [3.63, 3.8) is 0 Å². The maximum atomic E-state index is 3.12. The molecule has 1 aromatic carbocycles. The molecule has 9 heavy (non-hydrogen) atoms. The van der Waals surface area contributed by atoms with Gasteiger partial charge in [-0.25, -0.2) is 0 Å². The Bertz CT molecular complexity index is 283. The number of para-hydroxylation sites is 1. The molecule has 0 saturated carbocycles. The Labute approximate surface area is 53.9 Å². The van der Waals surface area contributed by atoms with E-state index in [1.165, 1.54) is 10.8 Å². The van der Waals surface area contributed by atoms with Gasteiger partial charge in [-0.1, -0.05) is 0 Å². The van der Waals surface area contributed by atoms with E-state index in [1.54, 1.807) is 0 Å². The van der Waals surface area contributed by atoms with Gasteiger partial charge in [0.25, 0.3) is 0 Å². The summed E-state index contributed by atoms with van der Waals surface area (Å²) in [6.07, 6.45) is 1.95. The minimum absolute atomic E-state index is 1.21. The van der Waals surface area contributed by atoms with Crippen LogP contribution in [0.5, 0.6) is 0 Å². The SMILES string of the molecule is b1c[nH]c2ccccc12. The fourth-order valence-electron chi connectivity index (χ4n) is 0.995. The van der Waals surface area contributed by atoms with Crippen molar-refractivity contribution in [2.24, 2.45) is 0 Å². The third-order valence-corrected chi connectivity index (χ3v) is 1.46. The van der Waals surface area contributed by atoms with Gasteiger partial charge in [0.15, 0.2) is 0 Å². The Morgan fingerprint density at radius 3 is 3.00 bits per heavy atom. The Balaban J connectivity index is 2.95. The van der Waals surface area contributed by atoms with Crippen molar-refractivity contribution in [1.82, 2.24) is 4.98 Å². The Morgan fingerprint density at radius 1 is 1.22 bits per heavy atom. The molecule has 0 radical (unpaired) electrons. The van der Waals surface area contributed by atoms with Crippen molar-refractivity contribution in [2.75, 3.05) is 0 Å². The van der Waals surface area contributed by atoms with Gasteiger partial charge in [-0.2, -0.15) is 0 Å². The molecular weight excluding hydrogens is 109 g/mol. The quantitative estimate of drug-likeness (QED) is 0.535. The van der Waals surface area contributed by atoms with Gasteiger partial charge in [0.2, 0.25) is 0 Å². The first kappa shape index (κ1) is 4.80. The third kappa shape index (κ3) is 0.671. The van der Waals surface area contributed by atoms with E-state index in [1.807, 2.05) is 18.2 Å². The molecule has 1 N–H and O–H groups in total. The zero-order chi connectivity index (χ0) is 6.10. The standard InChI is InChI=1S/C7H6BN/c1-2-4-7-6(3-1)8-5-9-7/h1-5,9H. The number of aromatic nitrogens is 1. The van der Waals surface area contributed by atoms with Crippen molar-refractivity contribution in [3.05, 3.63) is 30.4 Å². The number of aromatic amines is 1. The van der Waals surface area contributed by atoms with E-state index in [0.717, 1.165) is 0 Å². The molecule has 2 aromatic rings. The Hall–Kier alpha value is -1.05. The summed E-state index contributed by atoms with van der Waals surface area (Å²) in [6, 6.07) is 8.22. The number of hydrogen-bond donors (Lipinski definition) is 1. The molecule has 0 aliphatic rings. The van der Waals surface area contributed by atoms with E-state index in [0.29, 0.717) is 0 Å². The molecular formula is C7H6BN. The molecule has 0 atom stereocenters. The third-order valence-electron chi connectivity index (χ3n) is 1.46. The van der Waals surface area contributed by atoms with E-state index >= 15 is 0 Å². The van der Waals surface area contributed by atoms with Gasteiger partial charge in [-0.3, -0.25) is 0 Å². The summed E-state index contributed by atoms with van der Waals surface area (Å²) in [5.74, 6) is 0. The molecule has 1 nitrogen and oxygen atoms in total. The number of nitrogens with one attached hydrogen (secondary N) is 1. The van der Waals surface area contributed by atoms with Crippen LogP contribution in [-0.4, -0.2) is 11.9 Å². The van der Waals surface area contributed by atoms with Crippen molar-refractivity contribution in [1.29, 1.82) is 0 Å². The van der Waals surface area contributed by atoms with Gasteiger partial charge in [0.05, 0.1) is 0 Å². The van der Waals surface area contributed by atoms with E-state index in [9.17, 15) is 0 Å². The van der Waals surface area contributed by atoms with Crippen molar-refractivity contribution >= 4 is 17.7 Å². The number of fused-ring (bicyclic) bond motifs is 1. The van der Waals surface area contributed by atoms with E-state index in [2.05, 4.69) is 24.0 Å². The van der Waals surface area contributed by atoms with Crippen molar-refractivity contribution < 1.29 is 0 Å². The number of H-pyrrole nitrogens is 1. The minimum atomic E-state index is 1.21. The number of rotatable bonds is 0.